The van der Waals surface area contributed by atoms with Crippen molar-refractivity contribution in [3.63, 3.8) is 0 Å². The third-order valence-electron chi connectivity index (χ3n) is 4.46. The number of anilines is 1. The second-order valence-electron chi connectivity index (χ2n) is 6.52. The fourth-order valence-corrected chi connectivity index (χ4v) is 2.99. The molecule has 152 valence electrons. The Morgan fingerprint density at radius 2 is 1.83 bits per heavy atom. The highest BCUT2D eigenvalue weighted by Gasteiger charge is 2.30. The number of benzene rings is 2. The maximum Gasteiger partial charge on any atom is 0.338 e. The third-order valence-corrected chi connectivity index (χ3v) is 4.46. The Hall–Kier alpha value is -3.88. The predicted molar refractivity (Wildman–Crippen MR) is 99.1 cm³/mol. The first-order valence-electron chi connectivity index (χ1n) is 8.95. The molecule has 0 N–H and O–H groups in total. The first kappa shape index (κ1) is 19.4. The maximum absolute atomic E-state index is 13.3. The molecule has 0 spiro atoms. The molecule has 1 aromatic heterocycles. The molecule has 9 heteroatoms. The molecule has 3 aromatic rings. The highest BCUT2D eigenvalue weighted by Crippen LogP contribution is 2.24. The van der Waals surface area contributed by atoms with Crippen LogP contribution in [0.3, 0.4) is 0 Å². The van der Waals surface area contributed by atoms with Gasteiger partial charge in [-0.25, -0.2) is 18.6 Å². The van der Waals surface area contributed by atoms with Gasteiger partial charge in [-0.1, -0.05) is 6.07 Å². The lowest BCUT2D eigenvalue weighted by Crippen LogP contribution is -2.28. The van der Waals surface area contributed by atoms with Gasteiger partial charge in [0.2, 0.25) is 17.7 Å². The normalized spacial score (nSPS) is 13.7. The van der Waals surface area contributed by atoms with E-state index in [-0.39, 0.29) is 54.0 Å². The van der Waals surface area contributed by atoms with Crippen LogP contribution in [-0.2, 0) is 20.9 Å². The van der Waals surface area contributed by atoms with Crippen molar-refractivity contribution in [3.8, 4) is 11.5 Å². The molecule has 1 saturated heterocycles. The fourth-order valence-electron chi connectivity index (χ4n) is 2.99. The molecule has 7 nitrogen and oxygen atoms in total. The number of hydrogen-bond acceptors (Lipinski definition) is 6. The second kappa shape index (κ2) is 7.86. The molecule has 2 heterocycles. The zero-order valence-electron chi connectivity index (χ0n) is 15.4. The number of halogens is 2. The van der Waals surface area contributed by atoms with Crippen LogP contribution >= 0.6 is 0 Å². The summed E-state index contributed by atoms with van der Waals surface area (Å²) < 4.78 is 36.8. The largest absolute Gasteiger partial charge is 0.455 e. The summed E-state index contributed by atoms with van der Waals surface area (Å²) in [5.41, 5.74) is 0.964. The number of ether oxygens (including phenoxy) is 1. The lowest BCUT2D eigenvalue weighted by molar-refractivity contribution is -0.121. The Kier molecular flexibility index (Phi) is 5.09. The zero-order valence-corrected chi connectivity index (χ0v) is 15.4. The SMILES string of the molecule is O=C(OCc1coc(-c2ccc(F)c(F)c2)n1)c1cccc(N2C(=O)CCC2=O)c1. The van der Waals surface area contributed by atoms with E-state index >= 15 is 0 Å². The third kappa shape index (κ3) is 3.82. The molecule has 0 saturated carbocycles. The van der Waals surface area contributed by atoms with Gasteiger partial charge in [0.15, 0.2) is 11.6 Å². The molecular weight excluding hydrogens is 398 g/mol. The predicted octanol–water partition coefficient (Wildman–Crippen LogP) is 3.63. The van der Waals surface area contributed by atoms with Crippen molar-refractivity contribution in [1.29, 1.82) is 0 Å². The van der Waals surface area contributed by atoms with Crippen molar-refractivity contribution in [2.24, 2.45) is 0 Å². The quantitative estimate of drug-likeness (QED) is 0.470. The van der Waals surface area contributed by atoms with Crippen molar-refractivity contribution in [2.45, 2.75) is 19.4 Å². The Bertz CT molecular complexity index is 1140. The Balaban J connectivity index is 1.44. The number of hydrogen-bond donors (Lipinski definition) is 0. The van der Waals surface area contributed by atoms with E-state index in [1.807, 2.05) is 0 Å². The molecule has 2 aromatic carbocycles. The molecule has 0 bridgehead atoms. The minimum atomic E-state index is -1.03. The van der Waals surface area contributed by atoms with E-state index in [4.69, 9.17) is 9.15 Å². The number of esters is 1. The molecular formula is C21H14F2N2O5. The summed E-state index contributed by atoms with van der Waals surface area (Å²) in [6.07, 6.45) is 1.52. The molecule has 1 fully saturated rings. The van der Waals surface area contributed by atoms with Crippen LogP contribution in [0.4, 0.5) is 14.5 Å². The van der Waals surface area contributed by atoms with Gasteiger partial charge >= 0.3 is 5.97 Å². The summed E-state index contributed by atoms with van der Waals surface area (Å²) in [4.78, 5) is 41.2. The van der Waals surface area contributed by atoms with Crippen molar-refractivity contribution in [1.82, 2.24) is 4.98 Å². The van der Waals surface area contributed by atoms with E-state index in [9.17, 15) is 23.2 Å². The maximum atomic E-state index is 13.3. The Morgan fingerprint density at radius 1 is 1.07 bits per heavy atom. The molecule has 0 aliphatic carbocycles. The molecule has 30 heavy (non-hydrogen) atoms. The van der Waals surface area contributed by atoms with E-state index in [0.717, 1.165) is 17.0 Å². The average molecular weight is 412 g/mol. The lowest BCUT2D eigenvalue weighted by Gasteiger charge is -2.14. The zero-order chi connectivity index (χ0) is 21.3. The van der Waals surface area contributed by atoms with Crippen LogP contribution in [0.25, 0.3) is 11.5 Å². The number of imide groups is 1. The monoisotopic (exact) mass is 412 g/mol. The standard InChI is InChI=1S/C21H14F2N2O5/c22-16-5-4-12(9-17(16)23)20-24-14(10-29-20)11-30-21(28)13-2-1-3-15(8-13)25-18(26)6-7-19(25)27/h1-5,8-10H,6-7,11H2. The number of rotatable bonds is 5. The van der Waals surface area contributed by atoms with E-state index in [0.29, 0.717) is 5.69 Å². The number of amides is 2. The van der Waals surface area contributed by atoms with Crippen LogP contribution in [0.5, 0.6) is 0 Å². The first-order chi connectivity index (χ1) is 14.4. The smallest absolute Gasteiger partial charge is 0.338 e. The van der Waals surface area contributed by atoms with Crippen molar-refractivity contribution in [2.75, 3.05) is 4.90 Å². The van der Waals surface area contributed by atoms with Gasteiger partial charge in [-0.3, -0.25) is 14.5 Å². The number of nitrogens with zero attached hydrogens (tertiary/aromatic N) is 2. The molecule has 0 atom stereocenters. The highest BCUT2D eigenvalue weighted by molar-refractivity contribution is 6.20. The average Bonchev–Trinajstić information content (AvgIpc) is 3.34. The minimum absolute atomic E-state index is 0.0491. The molecule has 4 rings (SSSR count). The Morgan fingerprint density at radius 3 is 2.57 bits per heavy atom. The molecule has 1 aliphatic rings. The molecule has 0 radical (unpaired) electrons. The number of carbonyl (C=O) groups is 3. The summed E-state index contributed by atoms with van der Waals surface area (Å²) in [7, 11) is 0. The van der Waals surface area contributed by atoms with Gasteiger partial charge in [-0.15, -0.1) is 0 Å². The van der Waals surface area contributed by atoms with E-state index in [1.165, 1.54) is 24.5 Å². The van der Waals surface area contributed by atoms with Crippen LogP contribution in [0.15, 0.2) is 53.1 Å². The van der Waals surface area contributed by atoms with Crippen molar-refractivity contribution in [3.05, 3.63) is 71.6 Å². The topological polar surface area (TPSA) is 89.7 Å². The molecule has 0 unspecified atom stereocenters. The van der Waals surface area contributed by atoms with E-state index in [1.54, 1.807) is 12.1 Å². The minimum Gasteiger partial charge on any atom is -0.455 e. The van der Waals surface area contributed by atoms with Crippen molar-refractivity contribution < 1.29 is 32.3 Å². The van der Waals surface area contributed by atoms with Crippen LogP contribution in [0.1, 0.15) is 28.9 Å². The second-order valence-corrected chi connectivity index (χ2v) is 6.52. The Labute approximate surface area is 168 Å². The van der Waals surface area contributed by atoms with Gasteiger partial charge in [0.05, 0.1) is 11.3 Å². The number of aromatic nitrogens is 1. The summed E-state index contributed by atoms with van der Waals surface area (Å²) in [5, 5.41) is 0. The molecule has 1 aliphatic heterocycles. The van der Waals surface area contributed by atoms with Gasteiger partial charge in [0.1, 0.15) is 18.6 Å². The summed E-state index contributed by atoms with van der Waals surface area (Å²) in [5.74, 6) is -3.30. The summed E-state index contributed by atoms with van der Waals surface area (Å²) in [6, 6.07) is 9.21. The van der Waals surface area contributed by atoms with Crippen LogP contribution < -0.4 is 4.90 Å². The van der Waals surface area contributed by atoms with Gasteiger partial charge in [-0.05, 0) is 36.4 Å². The fraction of sp³-hybridized carbons (Fsp3) is 0.143. The van der Waals surface area contributed by atoms with E-state index in [2.05, 4.69) is 4.98 Å². The van der Waals surface area contributed by atoms with E-state index < -0.39 is 17.6 Å². The summed E-state index contributed by atoms with van der Waals surface area (Å²) in [6.45, 7) is -0.224. The number of oxazole rings is 1. The van der Waals surface area contributed by atoms with Gasteiger partial charge in [0.25, 0.3) is 0 Å². The number of carbonyl (C=O) groups excluding carboxylic acids is 3. The van der Waals surface area contributed by atoms with Gasteiger partial charge < -0.3 is 9.15 Å². The highest BCUT2D eigenvalue weighted by atomic mass is 19.2. The van der Waals surface area contributed by atoms with Crippen LogP contribution in [0.2, 0.25) is 0 Å². The van der Waals surface area contributed by atoms with Crippen molar-refractivity contribution >= 4 is 23.5 Å². The summed E-state index contributed by atoms with van der Waals surface area (Å²) >= 11 is 0. The van der Waals surface area contributed by atoms with Crippen LogP contribution in [-0.4, -0.2) is 22.8 Å². The van der Waals surface area contributed by atoms with Gasteiger partial charge in [-0.2, -0.15) is 0 Å². The van der Waals surface area contributed by atoms with Gasteiger partial charge in [0, 0.05) is 18.4 Å². The van der Waals surface area contributed by atoms with Crippen LogP contribution in [0, 0.1) is 11.6 Å². The molecule has 2 amide bonds. The lowest BCUT2D eigenvalue weighted by atomic mass is 10.2. The first-order valence-corrected chi connectivity index (χ1v) is 8.95.